The van der Waals surface area contributed by atoms with Gasteiger partial charge in [-0.3, -0.25) is 14.9 Å². The lowest BCUT2D eigenvalue weighted by Gasteiger charge is -2.18. The van der Waals surface area contributed by atoms with Crippen LogP contribution in [0.2, 0.25) is 5.02 Å². The fourth-order valence-electron chi connectivity index (χ4n) is 4.30. The highest BCUT2D eigenvalue weighted by atomic mass is 35.5. The molecule has 202 valence electrons. The van der Waals surface area contributed by atoms with E-state index in [0.717, 1.165) is 22.4 Å². The number of fused-ring (bicyclic) bond motifs is 1. The molecule has 0 bridgehead atoms. The molecule has 0 fully saturated rings. The first-order valence-electron chi connectivity index (χ1n) is 12.6. The van der Waals surface area contributed by atoms with E-state index in [9.17, 15) is 14.9 Å². The molecular weight excluding hydrogens is 520 g/mol. The smallest absolute Gasteiger partial charge is 0.313 e. The van der Waals surface area contributed by atoms with Crippen LogP contribution in [-0.2, 0) is 0 Å². The second-order valence-electron chi connectivity index (χ2n) is 9.15. The summed E-state index contributed by atoms with van der Waals surface area (Å²) in [5.74, 6) is 1.26. The molecule has 1 aromatic heterocycles. The number of hydrogen-bond acceptors (Lipinski definition) is 7. The fourth-order valence-corrected chi connectivity index (χ4v) is 4.57. The summed E-state index contributed by atoms with van der Waals surface area (Å²) >= 11 is 6.30. The lowest BCUT2D eigenvalue weighted by molar-refractivity contribution is -0.385. The van der Waals surface area contributed by atoms with E-state index in [-0.39, 0.29) is 34.5 Å². The molecule has 0 aliphatic heterocycles. The number of halogens is 1. The average Bonchev–Trinajstić information content (AvgIpc) is 2.89. The van der Waals surface area contributed by atoms with E-state index in [2.05, 4.69) is 18.9 Å². The van der Waals surface area contributed by atoms with Crippen molar-refractivity contribution in [2.45, 2.75) is 40.5 Å². The van der Waals surface area contributed by atoms with Crippen molar-refractivity contribution < 1.29 is 14.4 Å². The summed E-state index contributed by atoms with van der Waals surface area (Å²) in [4.78, 5) is 29.6. The monoisotopic (exact) mass is 548 g/mol. The molecule has 0 aliphatic carbocycles. The van der Waals surface area contributed by atoms with Crippen molar-refractivity contribution in [3.63, 3.8) is 0 Å². The molecule has 0 aliphatic rings. The zero-order valence-electron chi connectivity index (χ0n) is 22.4. The van der Waals surface area contributed by atoms with Crippen LogP contribution < -0.4 is 15.0 Å². The Hall–Kier alpha value is -4.24. The van der Waals surface area contributed by atoms with Gasteiger partial charge in [0.1, 0.15) is 5.75 Å². The van der Waals surface area contributed by atoms with Gasteiger partial charge in [0.15, 0.2) is 5.82 Å². The highest BCUT2D eigenvalue weighted by Gasteiger charge is 2.21. The molecule has 3 aromatic carbocycles. The van der Waals surface area contributed by atoms with Gasteiger partial charge in [0.25, 0.3) is 5.56 Å². The molecule has 0 saturated heterocycles. The average molecular weight is 549 g/mol. The number of benzene rings is 3. The van der Waals surface area contributed by atoms with E-state index in [4.69, 9.17) is 26.1 Å². The number of rotatable bonds is 9. The minimum atomic E-state index is -0.569. The third kappa shape index (κ3) is 5.63. The number of aryl methyl sites for hydroxylation is 1. The molecule has 0 radical (unpaired) electrons. The molecule has 0 spiro atoms. The standard InChI is InChI=1S/C29H29ClN4O5/c1-6-38-26-12-18(5)22(15-21(26)17(3)4)28-32-24-11-9-8-10-20(24)29(35)33(28)31-16-19-13-23(30)27(39-7-2)25(14-19)34(36)37/h8-17H,6-7H2,1-5H3. The molecule has 0 unspecified atom stereocenters. The molecule has 0 amide bonds. The van der Waals surface area contributed by atoms with E-state index in [1.165, 1.54) is 23.0 Å². The van der Waals surface area contributed by atoms with E-state index in [1.807, 2.05) is 32.0 Å². The van der Waals surface area contributed by atoms with Crippen LogP contribution in [0.15, 0.2) is 58.4 Å². The highest BCUT2D eigenvalue weighted by molar-refractivity contribution is 6.32. The number of ether oxygens (including phenoxy) is 2. The summed E-state index contributed by atoms with van der Waals surface area (Å²) in [6.07, 6.45) is 1.35. The topological polar surface area (TPSA) is 109 Å². The van der Waals surface area contributed by atoms with E-state index in [1.54, 1.807) is 25.1 Å². The molecule has 4 rings (SSSR count). The Labute approximate surface area is 230 Å². The van der Waals surface area contributed by atoms with Crippen molar-refractivity contribution in [2.75, 3.05) is 13.2 Å². The van der Waals surface area contributed by atoms with Gasteiger partial charge in [0.05, 0.1) is 40.3 Å². The molecule has 10 heteroatoms. The largest absolute Gasteiger partial charge is 0.494 e. The van der Waals surface area contributed by atoms with Gasteiger partial charge in [0, 0.05) is 17.2 Å². The van der Waals surface area contributed by atoms with Crippen LogP contribution in [-0.4, -0.2) is 34.0 Å². The zero-order chi connectivity index (χ0) is 28.3. The Morgan fingerprint density at radius 2 is 1.85 bits per heavy atom. The van der Waals surface area contributed by atoms with Gasteiger partial charge >= 0.3 is 5.69 Å². The third-order valence-electron chi connectivity index (χ3n) is 6.13. The molecule has 0 atom stereocenters. The van der Waals surface area contributed by atoms with Gasteiger partial charge < -0.3 is 9.47 Å². The van der Waals surface area contributed by atoms with E-state index >= 15 is 0 Å². The fraction of sp³-hybridized carbons (Fsp3) is 0.276. The lowest BCUT2D eigenvalue weighted by Crippen LogP contribution is -2.21. The molecular formula is C29H29ClN4O5. The summed E-state index contributed by atoms with van der Waals surface area (Å²) in [5.41, 5.74) is 2.74. The van der Waals surface area contributed by atoms with Gasteiger partial charge in [-0.15, -0.1) is 0 Å². The minimum Gasteiger partial charge on any atom is -0.494 e. The molecule has 1 heterocycles. The SMILES string of the molecule is CCOc1cc(C)c(-c2nc3ccccc3c(=O)n2N=Cc2cc(Cl)c(OCC)c([N+](=O)[O-])c2)cc1C(C)C. The normalized spacial score (nSPS) is 11.5. The first-order chi connectivity index (χ1) is 18.7. The van der Waals surface area contributed by atoms with Crippen LogP contribution in [0.3, 0.4) is 0 Å². The van der Waals surface area contributed by atoms with Crippen molar-refractivity contribution in [2.24, 2.45) is 5.10 Å². The van der Waals surface area contributed by atoms with Crippen molar-refractivity contribution in [1.29, 1.82) is 0 Å². The summed E-state index contributed by atoms with van der Waals surface area (Å²) in [7, 11) is 0. The Morgan fingerprint density at radius 1 is 1.13 bits per heavy atom. The number of aromatic nitrogens is 2. The van der Waals surface area contributed by atoms with E-state index < -0.39 is 4.92 Å². The second-order valence-corrected chi connectivity index (χ2v) is 9.56. The maximum absolute atomic E-state index is 13.7. The van der Waals surface area contributed by atoms with Crippen LogP contribution in [0.4, 0.5) is 5.69 Å². The predicted octanol–water partition coefficient (Wildman–Crippen LogP) is 6.74. The van der Waals surface area contributed by atoms with Gasteiger partial charge in [-0.05, 0) is 68.1 Å². The summed E-state index contributed by atoms with van der Waals surface area (Å²) in [6.45, 7) is 10.4. The van der Waals surface area contributed by atoms with Crippen LogP contribution in [0.25, 0.3) is 22.3 Å². The lowest BCUT2D eigenvalue weighted by atomic mass is 9.96. The maximum Gasteiger partial charge on any atom is 0.313 e. The number of nitro benzene ring substituents is 1. The molecule has 0 N–H and O–H groups in total. The maximum atomic E-state index is 13.7. The summed E-state index contributed by atoms with van der Waals surface area (Å²) in [5, 5.41) is 16.6. The van der Waals surface area contributed by atoms with Crippen LogP contribution >= 0.6 is 11.6 Å². The van der Waals surface area contributed by atoms with Crippen LogP contribution in [0.5, 0.6) is 11.5 Å². The summed E-state index contributed by atoms with van der Waals surface area (Å²) < 4.78 is 12.5. The first-order valence-corrected chi connectivity index (χ1v) is 13.0. The third-order valence-corrected chi connectivity index (χ3v) is 6.41. The molecule has 39 heavy (non-hydrogen) atoms. The highest BCUT2D eigenvalue weighted by Crippen LogP contribution is 2.36. The van der Waals surface area contributed by atoms with Crippen LogP contribution in [0, 0.1) is 17.0 Å². The van der Waals surface area contributed by atoms with Crippen LogP contribution in [0.1, 0.15) is 50.3 Å². The Kier molecular flexibility index (Phi) is 8.30. The van der Waals surface area contributed by atoms with Crippen molar-refractivity contribution >= 4 is 34.4 Å². The first kappa shape index (κ1) is 27.8. The van der Waals surface area contributed by atoms with Crippen molar-refractivity contribution in [1.82, 2.24) is 9.66 Å². The second kappa shape index (κ2) is 11.7. The minimum absolute atomic E-state index is 0.0160. The predicted molar refractivity (Wildman–Crippen MR) is 154 cm³/mol. The quantitative estimate of drug-likeness (QED) is 0.130. The number of hydrogen-bond donors (Lipinski definition) is 0. The van der Waals surface area contributed by atoms with Gasteiger partial charge in [-0.2, -0.15) is 9.78 Å². The van der Waals surface area contributed by atoms with Gasteiger partial charge in [-0.1, -0.05) is 37.6 Å². The molecule has 0 saturated carbocycles. The van der Waals surface area contributed by atoms with Crippen molar-refractivity contribution in [3.05, 3.63) is 90.7 Å². The number of nitro groups is 1. The van der Waals surface area contributed by atoms with Gasteiger partial charge in [-0.25, -0.2) is 4.98 Å². The summed E-state index contributed by atoms with van der Waals surface area (Å²) in [6, 6.07) is 13.8. The van der Waals surface area contributed by atoms with Crippen molar-refractivity contribution in [3.8, 4) is 22.9 Å². The number of para-hydroxylation sites is 1. The Bertz CT molecular complexity index is 1650. The van der Waals surface area contributed by atoms with Gasteiger partial charge in [0.2, 0.25) is 5.75 Å². The number of nitrogens with zero attached hydrogens (tertiary/aromatic N) is 4. The molecule has 4 aromatic rings. The van der Waals surface area contributed by atoms with E-state index in [0.29, 0.717) is 28.9 Å². The molecule has 9 nitrogen and oxygen atoms in total. The zero-order valence-corrected chi connectivity index (χ0v) is 23.2. The Balaban J connectivity index is 1.95. The Morgan fingerprint density at radius 3 is 2.51 bits per heavy atom.